The Kier molecular flexibility index (Phi) is 1.29. The zero-order valence-corrected chi connectivity index (χ0v) is 5.41. The van der Waals surface area contributed by atoms with E-state index in [9.17, 15) is 0 Å². The Hall–Kier alpha value is -0.440. The first-order chi connectivity index (χ1) is 3.83. The minimum atomic E-state index is 0.606. The van der Waals surface area contributed by atoms with E-state index in [0.29, 0.717) is 5.41 Å². The van der Waals surface area contributed by atoms with Crippen LogP contribution in [0, 0.1) is 17.8 Å². The van der Waals surface area contributed by atoms with Crippen molar-refractivity contribution in [2.45, 2.75) is 32.6 Å². The monoisotopic (exact) mass is 108 g/mol. The quantitative estimate of drug-likeness (QED) is 0.476. The van der Waals surface area contributed by atoms with E-state index >= 15 is 0 Å². The van der Waals surface area contributed by atoms with Gasteiger partial charge in [0, 0.05) is 6.42 Å². The summed E-state index contributed by atoms with van der Waals surface area (Å²) in [6, 6.07) is 0. The molecule has 0 spiro atoms. The fourth-order valence-corrected chi connectivity index (χ4v) is 1.05. The average molecular weight is 108 g/mol. The van der Waals surface area contributed by atoms with Crippen molar-refractivity contribution in [2.75, 3.05) is 0 Å². The van der Waals surface area contributed by atoms with Gasteiger partial charge in [-0.15, -0.1) is 12.3 Å². The van der Waals surface area contributed by atoms with Gasteiger partial charge in [-0.3, -0.25) is 0 Å². The van der Waals surface area contributed by atoms with Gasteiger partial charge in [0.05, 0.1) is 0 Å². The number of hydrogen-bond acceptors (Lipinski definition) is 0. The maximum Gasteiger partial charge on any atom is 0.0143 e. The smallest absolute Gasteiger partial charge is 0.0143 e. The Bertz CT molecular complexity index is 112. The van der Waals surface area contributed by atoms with E-state index < -0.39 is 0 Å². The maximum absolute atomic E-state index is 5.18. The minimum absolute atomic E-state index is 0.606. The second-order valence-electron chi connectivity index (χ2n) is 2.73. The van der Waals surface area contributed by atoms with Crippen molar-refractivity contribution in [2.24, 2.45) is 5.41 Å². The summed E-state index contributed by atoms with van der Waals surface area (Å²) in [6.07, 6.45) is 10.2. The van der Waals surface area contributed by atoms with Crippen LogP contribution in [0.4, 0.5) is 0 Å². The van der Waals surface area contributed by atoms with Crippen molar-refractivity contribution in [1.82, 2.24) is 0 Å². The molecule has 0 saturated heterocycles. The Labute approximate surface area is 51.3 Å². The van der Waals surface area contributed by atoms with E-state index in [4.69, 9.17) is 6.42 Å². The molecule has 1 rings (SSSR count). The summed E-state index contributed by atoms with van der Waals surface area (Å²) in [5.74, 6) is 2.72. The van der Waals surface area contributed by atoms with Crippen LogP contribution in [0.15, 0.2) is 0 Å². The van der Waals surface area contributed by atoms with Gasteiger partial charge in [0.15, 0.2) is 0 Å². The second kappa shape index (κ2) is 1.82. The molecule has 8 heavy (non-hydrogen) atoms. The van der Waals surface area contributed by atoms with E-state index in [-0.39, 0.29) is 0 Å². The molecule has 0 N–H and O–H groups in total. The normalized spacial score (nSPS) is 22.0. The molecule has 1 fully saturated rings. The highest BCUT2D eigenvalue weighted by Gasteiger charge is 2.39. The van der Waals surface area contributed by atoms with Gasteiger partial charge in [-0.2, -0.15) is 0 Å². The summed E-state index contributed by atoms with van der Waals surface area (Å²) in [7, 11) is 0. The molecule has 44 valence electrons. The van der Waals surface area contributed by atoms with Crippen molar-refractivity contribution in [3.63, 3.8) is 0 Å². The van der Waals surface area contributed by atoms with E-state index in [1.165, 1.54) is 19.3 Å². The summed E-state index contributed by atoms with van der Waals surface area (Å²) >= 11 is 0. The minimum Gasteiger partial charge on any atom is -0.120 e. The molecule has 0 aromatic heterocycles. The Morgan fingerprint density at radius 2 is 2.25 bits per heavy atom. The van der Waals surface area contributed by atoms with Gasteiger partial charge in [-0.05, 0) is 24.7 Å². The molecule has 0 amide bonds. The molecule has 1 aliphatic rings. The van der Waals surface area contributed by atoms with Gasteiger partial charge in [-0.1, -0.05) is 6.92 Å². The number of rotatable bonds is 2. The van der Waals surface area contributed by atoms with Crippen LogP contribution < -0.4 is 0 Å². The Morgan fingerprint density at radius 3 is 2.38 bits per heavy atom. The molecule has 0 atom stereocenters. The van der Waals surface area contributed by atoms with Crippen molar-refractivity contribution in [3.8, 4) is 12.3 Å². The third-order valence-electron chi connectivity index (χ3n) is 2.18. The molecule has 1 saturated carbocycles. The first-order valence-electron chi connectivity index (χ1n) is 3.26. The zero-order valence-electron chi connectivity index (χ0n) is 5.41. The van der Waals surface area contributed by atoms with Crippen LogP contribution in [0.5, 0.6) is 0 Å². The molecule has 0 aromatic carbocycles. The molecule has 0 bridgehead atoms. The Morgan fingerprint density at radius 1 is 1.62 bits per heavy atom. The molecule has 0 heterocycles. The lowest BCUT2D eigenvalue weighted by molar-refractivity contribution is 0.507. The van der Waals surface area contributed by atoms with Crippen LogP contribution in [-0.2, 0) is 0 Å². The van der Waals surface area contributed by atoms with Gasteiger partial charge in [-0.25, -0.2) is 0 Å². The lowest BCUT2D eigenvalue weighted by Crippen LogP contribution is -1.93. The van der Waals surface area contributed by atoms with E-state index in [1.807, 2.05) is 0 Å². The summed E-state index contributed by atoms with van der Waals surface area (Å²) in [5, 5.41) is 0. The van der Waals surface area contributed by atoms with Gasteiger partial charge in [0.2, 0.25) is 0 Å². The van der Waals surface area contributed by atoms with Crippen molar-refractivity contribution < 1.29 is 0 Å². The molecule has 0 radical (unpaired) electrons. The molecule has 0 unspecified atom stereocenters. The summed E-state index contributed by atoms with van der Waals surface area (Å²) < 4.78 is 0. The topological polar surface area (TPSA) is 0 Å². The predicted octanol–water partition coefficient (Wildman–Crippen LogP) is 2.20. The molecular weight excluding hydrogens is 96.1 g/mol. The molecule has 0 aliphatic heterocycles. The lowest BCUT2D eigenvalue weighted by atomic mass is 10.0. The van der Waals surface area contributed by atoms with E-state index in [2.05, 4.69) is 12.8 Å². The standard InChI is InChI=1S/C8H12/c1-3-5-8(4-2)6-7-8/h1H,4-7H2,2H3. The fraction of sp³-hybridized carbons (Fsp3) is 0.750. The number of terminal acetylenes is 1. The van der Waals surface area contributed by atoms with Gasteiger partial charge in [0.25, 0.3) is 0 Å². The molecular formula is C8H12. The SMILES string of the molecule is C#CCC1(CC)CC1. The van der Waals surface area contributed by atoms with Crippen LogP contribution in [0.1, 0.15) is 32.6 Å². The highest BCUT2D eigenvalue weighted by Crippen LogP contribution is 2.51. The fourth-order valence-electron chi connectivity index (χ4n) is 1.05. The van der Waals surface area contributed by atoms with Gasteiger partial charge < -0.3 is 0 Å². The van der Waals surface area contributed by atoms with Crippen LogP contribution in [0.2, 0.25) is 0 Å². The summed E-state index contributed by atoms with van der Waals surface area (Å²) in [4.78, 5) is 0. The van der Waals surface area contributed by atoms with Crippen LogP contribution in [-0.4, -0.2) is 0 Å². The van der Waals surface area contributed by atoms with Crippen molar-refractivity contribution in [3.05, 3.63) is 0 Å². The van der Waals surface area contributed by atoms with E-state index in [1.54, 1.807) is 0 Å². The third kappa shape index (κ3) is 0.865. The number of hydrogen-bond donors (Lipinski definition) is 0. The molecule has 0 aromatic rings. The van der Waals surface area contributed by atoms with Gasteiger partial charge >= 0.3 is 0 Å². The van der Waals surface area contributed by atoms with Crippen LogP contribution >= 0.6 is 0 Å². The predicted molar refractivity (Wildman–Crippen MR) is 35.4 cm³/mol. The average Bonchev–Trinajstić information content (AvgIpc) is 2.50. The highest BCUT2D eigenvalue weighted by molar-refractivity contribution is 5.01. The first kappa shape index (κ1) is 5.69. The zero-order chi connectivity index (χ0) is 6.04. The van der Waals surface area contributed by atoms with Crippen molar-refractivity contribution in [1.29, 1.82) is 0 Å². The summed E-state index contributed by atoms with van der Waals surface area (Å²) in [5.41, 5.74) is 0.606. The first-order valence-corrected chi connectivity index (χ1v) is 3.26. The third-order valence-corrected chi connectivity index (χ3v) is 2.18. The van der Waals surface area contributed by atoms with Crippen LogP contribution in [0.3, 0.4) is 0 Å². The highest BCUT2D eigenvalue weighted by atomic mass is 14.4. The molecule has 0 nitrogen and oxygen atoms in total. The largest absolute Gasteiger partial charge is 0.120 e. The maximum atomic E-state index is 5.18. The van der Waals surface area contributed by atoms with Gasteiger partial charge in [0.1, 0.15) is 0 Å². The molecule has 0 heteroatoms. The van der Waals surface area contributed by atoms with E-state index in [0.717, 1.165) is 6.42 Å². The molecule has 1 aliphatic carbocycles. The van der Waals surface area contributed by atoms with Crippen LogP contribution in [0.25, 0.3) is 0 Å². The lowest BCUT2D eigenvalue weighted by Gasteiger charge is -2.04. The second-order valence-corrected chi connectivity index (χ2v) is 2.73. The summed E-state index contributed by atoms with van der Waals surface area (Å²) in [6.45, 7) is 2.23. The Balaban J connectivity index is 2.33. The van der Waals surface area contributed by atoms with Crippen molar-refractivity contribution >= 4 is 0 Å².